The number of benzene rings is 1. The average Bonchev–Trinajstić information content (AvgIpc) is 2.84. The van der Waals surface area contributed by atoms with Gasteiger partial charge in [0.25, 0.3) is 0 Å². The number of rotatable bonds is 6. The monoisotopic (exact) mass is 290 g/mol. The molecule has 0 saturated heterocycles. The molecule has 0 saturated carbocycles. The van der Waals surface area contributed by atoms with E-state index in [1.54, 1.807) is 12.1 Å². The van der Waals surface area contributed by atoms with E-state index in [1.165, 1.54) is 6.07 Å². The van der Waals surface area contributed by atoms with Gasteiger partial charge in [0.05, 0.1) is 6.04 Å². The van der Waals surface area contributed by atoms with Crippen molar-refractivity contribution in [3.05, 3.63) is 59.3 Å². The predicted octanol–water partition coefficient (Wildman–Crippen LogP) is 3.55. The summed E-state index contributed by atoms with van der Waals surface area (Å²) in [5.74, 6) is 1.82. The molecule has 114 valence electrons. The Morgan fingerprint density at radius 3 is 2.62 bits per heavy atom. The summed E-state index contributed by atoms with van der Waals surface area (Å²) in [4.78, 5) is 0. The third-order valence-electron chi connectivity index (χ3n) is 3.88. The zero-order chi connectivity index (χ0) is 15.5. The molecule has 0 aliphatic rings. The van der Waals surface area contributed by atoms with Crippen molar-refractivity contribution >= 4 is 0 Å². The van der Waals surface area contributed by atoms with Gasteiger partial charge in [-0.1, -0.05) is 26.0 Å². The Morgan fingerprint density at radius 1 is 1.24 bits per heavy atom. The summed E-state index contributed by atoms with van der Waals surface area (Å²) < 4.78 is 18.9. The molecule has 0 aliphatic carbocycles. The quantitative estimate of drug-likeness (QED) is 0.866. The van der Waals surface area contributed by atoms with Crippen molar-refractivity contribution < 1.29 is 14.1 Å². The maximum Gasteiger partial charge on any atom is 0.123 e. The number of aryl methyl sites for hydroxylation is 1. The van der Waals surface area contributed by atoms with Crippen LogP contribution in [-0.2, 0) is 12.0 Å². The zero-order valence-corrected chi connectivity index (χ0v) is 13.3. The first-order chi connectivity index (χ1) is 9.87. The normalized spacial score (nSPS) is 13.4. The van der Waals surface area contributed by atoms with Crippen molar-refractivity contribution in [1.82, 2.24) is 0 Å². The van der Waals surface area contributed by atoms with Crippen LogP contribution in [0.1, 0.15) is 44.3 Å². The summed E-state index contributed by atoms with van der Waals surface area (Å²) in [6.07, 6.45) is 1.01. The Bertz CT molecular complexity index is 588. The summed E-state index contributed by atoms with van der Waals surface area (Å²) >= 11 is 0. The number of quaternary nitrogens is 1. The third kappa shape index (κ3) is 4.43. The SMILES string of the molecule is Cc1ccc(C(C)(C)C[C@H](C)[NH2+]Cc2cccc(F)c2)o1. The Morgan fingerprint density at radius 2 is 2.00 bits per heavy atom. The maximum atomic E-state index is 13.2. The topological polar surface area (TPSA) is 29.8 Å². The molecule has 1 heterocycles. The van der Waals surface area contributed by atoms with Gasteiger partial charge in [-0.05, 0) is 38.1 Å². The Balaban J connectivity index is 1.90. The second-order valence-corrected chi connectivity index (χ2v) is 6.55. The smallest absolute Gasteiger partial charge is 0.123 e. The van der Waals surface area contributed by atoms with Gasteiger partial charge in [0.2, 0.25) is 0 Å². The fourth-order valence-electron chi connectivity index (χ4n) is 2.79. The zero-order valence-electron chi connectivity index (χ0n) is 13.3. The summed E-state index contributed by atoms with van der Waals surface area (Å²) in [5.41, 5.74) is 1.03. The van der Waals surface area contributed by atoms with Gasteiger partial charge in [0.15, 0.2) is 0 Å². The summed E-state index contributed by atoms with van der Waals surface area (Å²) in [6, 6.07) is 11.3. The van der Waals surface area contributed by atoms with Crippen LogP contribution in [0.3, 0.4) is 0 Å². The predicted molar refractivity (Wildman–Crippen MR) is 82.6 cm³/mol. The lowest BCUT2D eigenvalue weighted by atomic mass is 9.83. The molecular weight excluding hydrogens is 265 g/mol. The summed E-state index contributed by atoms with van der Waals surface area (Å²) in [5, 5.41) is 2.26. The molecule has 0 spiro atoms. The second-order valence-electron chi connectivity index (χ2n) is 6.55. The maximum absolute atomic E-state index is 13.2. The van der Waals surface area contributed by atoms with E-state index in [0.717, 1.165) is 30.0 Å². The number of furan rings is 1. The van der Waals surface area contributed by atoms with E-state index in [1.807, 2.05) is 19.1 Å². The van der Waals surface area contributed by atoms with Crippen molar-refractivity contribution in [3.8, 4) is 0 Å². The third-order valence-corrected chi connectivity index (χ3v) is 3.88. The number of nitrogens with two attached hydrogens (primary N) is 1. The first-order valence-electron chi connectivity index (χ1n) is 7.51. The van der Waals surface area contributed by atoms with E-state index < -0.39 is 0 Å². The van der Waals surface area contributed by atoms with Crippen LogP contribution in [-0.4, -0.2) is 6.04 Å². The van der Waals surface area contributed by atoms with Crippen molar-refractivity contribution in [2.75, 3.05) is 0 Å². The minimum atomic E-state index is -0.167. The first kappa shape index (κ1) is 15.8. The fraction of sp³-hybridized carbons (Fsp3) is 0.444. The van der Waals surface area contributed by atoms with E-state index >= 15 is 0 Å². The van der Waals surface area contributed by atoms with Crippen molar-refractivity contribution in [2.24, 2.45) is 0 Å². The van der Waals surface area contributed by atoms with Gasteiger partial charge < -0.3 is 9.73 Å². The van der Waals surface area contributed by atoms with E-state index in [0.29, 0.717) is 6.04 Å². The van der Waals surface area contributed by atoms with E-state index in [4.69, 9.17) is 4.42 Å². The first-order valence-corrected chi connectivity index (χ1v) is 7.51. The molecule has 0 radical (unpaired) electrons. The summed E-state index contributed by atoms with van der Waals surface area (Å²) in [6.45, 7) is 9.39. The van der Waals surface area contributed by atoms with Crippen molar-refractivity contribution in [2.45, 2.75) is 52.1 Å². The Labute approximate surface area is 126 Å². The Kier molecular flexibility index (Phi) is 4.84. The van der Waals surface area contributed by atoms with Crippen molar-refractivity contribution in [1.29, 1.82) is 0 Å². The van der Waals surface area contributed by atoms with Gasteiger partial charge in [-0.3, -0.25) is 0 Å². The largest absolute Gasteiger partial charge is 0.466 e. The highest BCUT2D eigenvalue weighted by Gasteiger charge is 2.28. The lowest BCUT2D eigenvalue weighted by Crippen LogP contribution is -2.88. The van der Waals surface area contributed by atoms with Gasteiger partial charge in [0.1, 0.15) is 23.9 Å². The molecule has 1 aromatic carbocycles. The van der Waals surface area contributed by atoms with E-state index in [-0.39, 0.29) is 11.2 Å². The Hall–Kier alpha value is -1.61. The van der Waals surface area contributed by atoms with Crippen LogP contribution in [0, 0.1) is 12.7 Å². The standard InChI is InChI=1S/C18H24FNO/c1-13(20-12-15-6-5-7-16(19)10-15)11-18(3,4)17-9-8-14(2)21-17/h5-10,13,20H,11-12H2,1-4H3/p+1/t13-/m0/s1. The van der Waals surface area contributed by atoms with Gasteiger partial charge in [-0.15, -0.1) is 0 Å². The molecule has 0 bridgehead atoms. The van der Waals surface area contributed by atoms with E-state index in [9.17, 15) is 4.39 Å². The van der Waals surface area contributed by atoms with Crippen LogP contribution >= 0.6 is 0 Å². The average molecular weight is 290 g/mol. The molecule has 0 amide bonds. The van der Waals surface area contributed by atoms with Crippen LogP contribution in [0.25, 0.3) is 0 Å². The molecule has 0 aliphatic heterocycles. The van der Waals surface area contributed by atoms with Gasteiger partial charge in [-0.2, -0.15) is 0 Å². The molecule has 0 fully saturated rings. The lowest BCUT2D eigenvalue weighted by molar-refractivity contribution is -0.702. The molecule has 0 unspecified atom stereocenters. The van der Waals surface area contributed by atoms with Crippen LogP contribution in [0.2, 0.25) is 0 Å². The summed E-state index contributed by atoms with van der Waals surface area (Å²) in [7, 11) is 0. The molecule has 21 heavy (non-hydrogen) atoms. The highest BCUT2D eigenvalue weighted by atomic mass is 19.1. The fourth-order valence-corrected chi connectivity index (χ4v) is 2.79. The molecule has 1 atom stereocenters. The van der Waals surface area contributed by atoms with Gasteiger partial charge in [-0.25, -0.2) is 4.39 Å². The molecule has 2 nitrogen and oxygen atoms in total. The van der Waals surface area contributed by atoms with Crippen molar-refractivity contribution in [3.63, 3.8) is 0 Å². The molecule has 2 N–H and O–H groups in total. The molecule has 2 aromatic rings. The van der Waals surface area contributed by atoms with Crippen LogP contribution in [0.15, 0.2) is 40.8 Å². The second kappa shape index (κ2) is 6.44. The van der Waals surface area contributed by atoms with Gasteiger partial charge >= 0.3 is 0 Å². The number of halogens is 1. The van der Waals surface area contributed by atoms with Crippen LogP contribution in [0.4, 0.5) is 4.39 Å². The van der Waals surface area contributed by atoms with Gasteiger partial charge in [0, 0.05) is 17.4 Å². The van der Waals surface area contributed by atoms with Crippen LogP contribution in [0.5, 0.6) is 0 Å². The molecule has 2 rings (SSSR count). The number of hydrogen-bond donors (Lipinski definition) is 1. The minimum Gasteiger partial charge on any atom is -0.466 e. The highest BCUT2D eigenvalue weighted by molar-refractivity contribution is 5.16. The minimum absolute atomic E-state index is 0.00607. The molecule has 1 aromatic heterocycles. The van der Waals surface area contributed by atoms with E-state index in [2.05, 4.69) is 32.2 Å². The number of hydrogen-bond acceptors (Lipinski definition) is 1. The molecule has 3 heteroatoms. The lowest BCUT2D eigenvalue weighted by Gasteiger charge is -2.25. The molecular formula is C18H25FNO+. The highest BCUT2D eigenvalue weighted by Crippen LogP contribution is 2.29. The van der Waals surface area contributed by atoms with Crippen LogP contribution < -0.4 is 5.32 Å².